The zero-order valence-electron chi connectivity index (χ0n) is 12.5. The van der Waals surface area contributed by atoms with Gasteiger partial charge in [-0.2, -0.15) is 0 Å². The van der Waals surface area contributed by atoms with E-state index in [-0.39, 0.29) is 10.6 Å². The summed E-state index contributed by atoms with van der Waals surface area (Å²) in [6, 6.07) is 12.2. The average Bonchev–Trinajstić information content (AvgIpc) is 2.50. The van der Waals surface area contributed by atoms with Crippen LogP contribution in [-0.4, -0.2) is 32.7 Å². The highest BCUT2D eigenvalue weighted by Crippen LogP contribution is 2.37. The molecular weight excluding hydrogens is 354 g/mol. The van der Waals surface area contributed by atoms with E-state index in [0.29, 0.717) is 24.5 Å². The zero-order valence-corrected chi connectivity index (χ0v) is 14.3. The summed E-state index contributed by atoms with van der Waals surface area (Å²) in [5.74, 6) is 0. The van der Waals surface area contributed by atoms with Crippen LogP contribution in [0.5, 0.6) is 0 Å². The van der Waals surface area contributed by atoms with Gasteiger partial charge in [0.25, 0.3) is 0 Å². The van der Waals surface area contributed by atoms with Crippen molar-refractivity contribution in [1.82, 2.24) is 0 Å². The van der Waals surface area contributed by atoms with Crippen molar-refractivity contribution >= 4 is 37.2 Å². The fourth-order valence-electron chi connectivity index (χ4n) is 2.15. The molecule has 0 saturated carbocycles. The van der Waals surface area contributed by atoms with Gasteiger partial charge >= 0.3 is 15.2 Å². The molecular formula is C14H18N2O6P2. The van der Waals surface area contributed by atoms with E-state index in [9.17, 15) is 28.7 Å². The highest BCUT2D eigenvalue weighted by molar-refractivity contribution is 7.61. The third kappa shape index (κ3) is 4.92. The lowest BCUT2D eigenvalue weighted by atomic mass is 10.3. The van der Waals surface area contributed by atoms with Gasteiger partial charge in [0, 0.05) is 24.5 Å². The standard InChI is InChI=1S/C14H18N2O6P2/c17-23(18,19)13-7-3-1-5-11(13)15-9-10-16-12-6-2-4-8-14(12)24(20,21)22/h1-8,15-16H,9-10H2,(H2,17,18,19)(H2,20,21,22). The summed E-state index contributed by atoms with van der Waals surface area (Å²) >= 11 is 0. The second-order valence-corrected chi connectivity index (χ2v) is 8.12. The Morgan fingerprint density at radius 1 is 0.667 bits per heavy atom. The van der Waals surface area contributed by atoms with Gasteiger partial charge in [0.15, 0.2) is 0 Å². The van der Waals surface area contributed by atoms with Gasteiger partial charge in [-0.3, -0.25) is 9.13 Å². The number of rotatable bonds is 7. The number of hydrogen-bond donors (Lipinski definition) is 6. The van der Waals surface area contributed by atoms with Crippen molar-refractivity contribution in [1.29, 1.82) is 0 Å². The fourth-order valence-corrected chi connectivity index (χ4v) is 3.64. The Bertz CT molecular complexity index is 734. The fraction of sp³-hybridized carbons (Fsp3) is 0.143. The normalized spacial score (nSPS) is 12.0. The molecule has 0 aromatic heterocycles. The molecule has 0 spiro atoms. The molecule has 2 aromatic rings. The van der Waals surface area contributed by atoms with Crippen molar-refractivity contribution in [3.63, 3.8) is 0 Å². The molecule has 0 atom stereocenters. The first-order valence-electron chi connectivity index (χ1n) is 6.97. The molecule has 2 aromatic carbocycles. The van der Waals surface area contributed by atoms with Gasteiger partial charge < -0.3 is 30.2 Å². The smallest absolute Gasteiger partial charge is 0.358 e. The van der Waals surface area contributed by atoms with Crippen LogP contribution in [0.1, 0.15) is 0 Å². The molecule has 0 amide bonds. The van der Waals surface area contributed by atoms with Gasteiger partial charge in [0.2, 0.25) is 0 Å². The molecule has 0 heterocycles. The van der Waals surface area contributed by atoms with E-state index in [1.807, 2.05) is 0 Å². The largest absolute Gasteiger partial charge is 0.383 e. The number of anilines is 2. The van der Waals surface area contributed by atoms with E-state index in [0.717, 1.165) is 0 Å². The van der Waals surface area contributed by atoms with E-state index in [2.05, 4.69) is 10.6 Å². The van der Waals surface area contributed by atoms with E-state index >= 15 is 0 Å². The lowest BCUT2D eigenvalue weighted by molar-refractivity contribution is 0.385. The molecule has 0 aliphatic carbocycles. The molecule has 0 unspecified atom stereocenters. The van der Waals surface area contributed by atoms with Crippen LogP contribution in [0.4, 0.5) is 11.4 Å². The first-order chi connectivity index (χ1) is 11.2. The second kappa shape index (κ2) is 7.49. The Morgan fingerprint density at radius 2 is 1.00 bits per heavy atom. The maximum atomic E-state index is 11.4. The number of para-hydroxylation sites is 2. The van der Waals surface area contributed by atoms with Crippen LogP contribution in [0.3, 0.4) is 0 Å². The molecule has 6 N–H and O–H groups in total. The summed E-state index contributed by atoms with van der Waals surface area (Å²) in [4.78, 5) is 37.2. The minimum atomic E-state index is -4.38. The first kappa shape index (κ1) is 18.7. The van der Waals surface area contributed by atoms with Gasteiger partial charge in [0.05, 0.1) is 10.6 Å². The van der Waals surface area contributed by atoms with Crippen molar-refractivity contribution in [2.75, 3.05) is 23.7 Å². The van der Waals surface area contributed by atoms with Crippen LogP contribution in [0.15, 0.2) is 48.5 Å². The average molecular weight is 372 g/mol. The van der Waals surface area contributed by atoms with E-state index in [1.165, 1.54) is 24.3 Å². The van der Waals surface area contributed by atoms with Crippen molar-refractivity contribution in [2.24, 2.45) is 0 Å². The molecule has 0 aliphatic rings. The van der Waals surface area contributed by atoms with Gasteiger partial charge in [-0.1, -0.05) is 24.3 Å². The molecule has 0 fully saturated rings. The highest BCUT2D eigenvalue weighted by atomic mass is 31.2. The van der Waals surface area contributed by atoms with Crippen LogP contribution < -0.4 is 21.2 Å². The topological polar surface area (TPSA) is 139 Å². The molecule has 8 nitrogen and oxygen atoms in total. The van der Waals surface area contributed by atoms with Crippen LogP contribution >= 0.6 is 15.2 Å². The van der Waals surface area contributed by atoms with E-state index in [4.69, 9.17) is 0 Å². The van der Waals surface area contributed by atoms with Crippen molar-refractivity contribution in [3.8, 4) is 0 Å². The third-order valence-corrected chi connectivity index (χ3v) is 5.23. The predicted molar refractivity (Wildman–Crippen MR) is 93.2 cm³/mol. The van der Waals surface area contributed by atoms with Crippen LogP contribution in [0.2, 0.25) is 0 Å². The summed E-state index contributed by atoms with van der Waals surface area (Å²) in [5, 5.41) is 5.61. The quantitative estimate of drug-likeness (QED) is 0.310. The first-order valence-corrected chi connectivity index (χ1v) is 10.2. The van der Waals surface area contributed by atoms with E-state index < -0.39 is 15.2 Å². The molecule has 130 valence electrons. The Hall–Kier alpha value is -1.66. The molecule has 0 radical (unpaired) electrons. The summed E-state index contributed by atoms with van der Waals surface area (Å²) < 4.78 is 22.8. The summed E-state index contributed by atoms with van der Waals surface area (Å²) in [6.45, 7) is 0.596. The Morgan fingerprint density at radius 3 is 1.33 bits per heavy atom. The molecule has 2 rings (SSSR count). The lowest BCUT2D eigenvalue weighted by Crippen LogP contribution is -2.21. The number of hydrogen-bond acceptors (Lipinski definition) is 4. The monoisotopic (exact) mass is 372 g/mol. The molecule has 0 saturated heterocycles. The summed E-state index contributed by atoms with van der Waals surface area (Å²) in [5.41, 5.74) is 0.631. The summed E-state index contributed by atoms with van der Waals surface area (Å²) in [7, 11) is -8.76. The maximum absolute atomic E-state index is 11.4. The third-order valence-electron chi connectivity index (χ3n) is 3.19. The molecule has 24 heavy (non-hydrogen) atoms. The SMILES string of the molecule is O=P(O)(O)c1ccccc1NCCNc1ccccc1P(=O)(O)O. The molecule has 0 bridgehead atoms. The van der Waals surface area contributed by atoms with Gasteiger partial charge in [-0.05, 0) is 24.3 Å². The van der Waals surface area contributed by atoms with Gasteiger partial charge in [0.1, 0.15) is 0 Å². The summed E-state index contributed by atoms with van der Waals surface area (Å²) in [6.07, 6.45) is 0. The lowest BCUT2D eigenvalue weighted by Gasteiger charge is -2.15. The van der Waals surface area contributed by atoms with Crippen molar-refractivity contribution in [3.05, 3.63) is 48.5 Å². The molecule has 0 aliphatic heterocycles. The van der Waals surface area contributed by atoms with Crippen molar-refractivity contribution in [2.45, 2.75) is 0 Å². The Balaban J connectivity index is 2.01. The zero-order chi connectivity index (χ0) is 17.8. The minimum absolute atomic E-state index is 0.0967. The van der Waals surface area contributed by atoms with Gasteiger partial charge in [-0.25, -0.2) is 0 Å². The highest BCUT2D eigenvalue weighted by Gasteiger charge is 2.21. The minimum Gasteiger partial charge on any atom is -0.383 e. The van der Waals surface area contributed by atoms with Crippen LogP contribution in [0.25, 0.3) is 0 Å². The van der Waals surface area contributed by atoms with Crippen LogP contribution in [0, 0.1) is 0 Å². The van der Waals surface area contributed by atoms with E-state index in [1.54, 1.807) is 24.3 Å². The molecule has 10 heteroatoms. The maximum Gasteiger partial charge on any atom is 0.358 e. The Kier molecular flexibility index (Phi) is 5.83. The number of nitrogens with one attached hydrogen (secondary N) is 2. The predicted octanol–water partition coefficient (Wildman–Crippen LogP) is 0.817. The Labute approximate surface area is 138 Å². The second-order valence-electron chi connectivity index (χ2n) is 4.98. The van der Waals surface area contributed by atoms with Crippen molar-refractivity contribution < 1.29 is 28.7 Å². The van der Waals surface area contributed by atoms with Gasteiger partial charge in [-0.15, -0.1) is 0 Å². The number of benzene rings is 2. The van der Waals surface area contributed by atoms with Crippen LogP contribution in [-0.2, 0) is 9.13 Å².